The predicted octanol–water partition coefficient (Wildman–Crippen LogP) is 3.20. The lowest BCUT2D eigenvalue weighted by atomic mass is 10.1. The average Bonchev–Trinajstić information content (AvgIpc) is 3.42. The van der Waals surface area contributed by atoms with Crippen LogP contribution in [0.1, 0.15) is 50.6 Å². The Kier molecular flexibility index (Phi) is 9.09. The topological polar surface area (TPSA) is 58.1 Å². The second-order valence-electron chi connectivity index (χ2n) is 8.05. The molecular formula is C23H38N4O2. The monoisotopic (exact) mass is 402 g/mol. The maximum absolute atomic E-state index is 5.73. The van der Waals surface area contributed by atoms with Crippen LogP contribution in [0.15, 0.2) is 29.3 Å². The molecule has 1 atom stereocenters. The highest BCUT2D eigenvalue weighted by Gasteiger charge is 2.24. The molecule has 0 aromatic heterocycles. The van der Waals surface area contributed by atoms with Crippen molar-refractivity contribution in [2.75, 3.05) is 53.0 Å². The van der Waals surface area contributed by atoms with Crippen molar-refractivity contribution in [3.05, 3.63) is 29.8 Å². The zero-order valence-electron chi connectivity index (χ0n) is 18.2. The molecule has 0 radical (unpaired) electrons. The fourth-order valence-corrected chi connectivity index (χ4v) is 3.77. The second-order valence-corrected chi connectivity index (χ2v) is 8.05. The molecule has 0 spiro atoms. The first-order valence-electron chi connectivity index (χ1n) is 11.3. The second kappa shape index (κ2) is 12.0. The van der Waals surface area contributed by atoms with Crippen molar-refractivity contribution < 1.29 is 9.47 Å². The normalized spacial score (nSPS) is 18.6. The van der Waals surface area contributed by atoms with Gasteiger partial charge in [-0.05, 0) is 75.7 Å². The van der Waals surface area contributed by atoms with E-state index in [-0.39, 0.29) is 6.04 Å². The van der Waals surface area contributed by atoms with Gasteiger partial charge in [0.05, 0.1) is 19.7 Å². The standard InChI is InChI=1S/C23H38N4O2/c1-3-24-23(25-12-7-15-29-18-19-10-11-19)26-17-22(27-13-4-5-14-27)20-8-6-9-21(16-20)28-2/h6,8-9,16,19,22H,3-5,7,10-15,17-18H2,1-2H3,(H2,24,25,26). The summed E-state index contributed by atoms with van der Waals surface area (Å²) >= 11 is 0. The van der Waals surface area contributed by atoms with E-state index in [1.807, 2.05) is 6.07 Å². The zero-order chi connectivity index (χ0) is 20.3. The maximum Gasteiger partial charge on any atom is 0.191 e. The van der Waals surface area contributed by atoms with Crippen LogP contribution in [0.5, 0.6) is 5.75 Å². The fourth-order valence-electron chi connectivity index (χ4n) is 3.77. The van der Waals surface area contributed by atoms with Crippen LogP contribution in [0.25, 0.3) is 0 Å². The number of hydrogen-bond acceptors (Lipinski definition) is 4. The molecule has 2 fully saturated rings. The Morgan fingerprint density at radius 1 is 1.24 bits per heavy atom. The summed E-state index contributed by atoms with van der Waals surface area (Å²) in [5.41, 5.74) is 1.28. The highest BCUT2D eigenvalue weighted by molar-refractivity contribution is 5.79. The van der Waals surface area contributed by atoms with Gasteiger partial charge in [0, 0.05) is 26.3 Å². The van der Waals surface area contributed by atoms with Crippen LogP contribution in [-0.2, 0) is 4.74 Å². The lowest BCUT2D eigenvalue weighted by Gasteiger charge is -2.27. The van der Waals surface area contributed by atoms with Gasteiger partial charge in [0.1, 0.15) is 5.75 Å². The van der Waals surface area contributed by atoms with E-state index in [2.05, 4.69) is 40.7 Å². The summed E-state index contributed by atoms with van der Waals surface area (Å²) in [4.78, 5) is 7.47. The number of nitrogens with one attached hydrogen (secondary N) is 2. The van der Waals surface area contributed by atoms with Gasteiger partial charge in [-0.25, -0.2) is 0 Å². The minimum atomic E-state index is 0.282. The molecule has 0 amide bonds. The molecule has 2 N–H and O–H groups in total. The summed E-state index contributed by atoms with van der Waals surface area (Å²) in [7, 11) is 1.73. The number of likely N-dealkylation sites (tertiary alicyclic amines) is 1. The minimum absolute atomic E-state index is 0.282. The average molecular weight is 403 g/mol. The van der Waals surface area contributed by atoms with Crippen molar-refractivity contribution in [3.63, 3.8) is 0 Å². The van der Waals surface area contributed by atoms with Gasteiger partial charge in [-0.3, -0.25) is 9.89 Å². The Bertz CT molecular complexity index is 627. The van der Waals surface area contributed by atoms with Crippen LogP contribution in [0.4, 0.5) is 0 Å². The quantitative estimate of drug-likeness (QED) is 0.319. The summed E-state index contributed by atoms with van der Waals surface area (Å²) < 4.78 is 11.2. The van der Waals surface area contributed by atoms with E-state index in [0.717, 1.165) is 70.0 Å². The third-order valence-electron chi connectivity index (χ3n) is 5.63. The van der Waals surface area contributed by atoms with Crippen LogP contribution >= 0.6 is 0 Å². The largest absolute Gasteiger partial charge is 0.497 e. The minimum Gasteiger partial charge on any atom is -0.497 e. The SMILES string of the molecule is CCNC(=NCC(c1cccc(OC)c1)N1CCCC1)NCCCOCC1CC1. The van der Waals surface area contributed by atoms with E-state index in [1.54, 1.807) is 7.11 Å². The Hall–Kier alpha value is -1.79. The maximum atomic E-state index is 5.73. The molecule has 1 aromatic rings. The van der Waals surface area contributed by atoms with Gasteiger partial charge in [-0.2, -0.15) is 0 Å². The molecule has 1 aliphatic heterocycles. The summed E-state index contributed by atoms with van der Waals surface area (Å²) in [5, 5.41) is 6.84. The summed E-state index contributed by atoms with van der Waals surface area (Å²) in [5.74, 6) is 2.63. The van der Waals surface area contributed by atoms with Gasteiger partial charge in [0.15, 0.2) is 5.96 Å². The Morgan fingerprint density at radius 2 is 2.07 bits per heavy atom. The Balaban J connectivity index is 1.54. The summed E-state index contributed by atoms with van der Waals surface area (Å²) in [6, 6.07) is 8.70. The summed E-state index contributed by atoms with van der Waals surface area (Å²) in [6.07, 6.45) is 6.23. The molecule has 162 valence electrons. The van der Waals surface area contributed by atoms with Gasteiger partial charge in [-0.1, -0.05) is 12.1 Å². The number of ether oxygens (including phenoxy) is 2. The van der Waals surface area contributed by atoms with E-state index in [9.17, 15) is 0 Å². The van der Waals surface area contributed by atoms with Crippen molar-refractivity contribution in [2.45, 2.75) is 45.1 Å². The fraction of sp³-hybridized carbons (Fsp3) is 0.696. The number of guanidine groups is 1. The summed E-state index contributed by atoms with van der Waals surface area (Å²) in [6.45, 7) is 8.62. The molecular weight excluding hydrogens is 364 g/mol. The van der Waals surface area contributed by atoms with Gasteiger partial charge in [0.25, 0.3) is 0 Å². The molecule has 3 rings (SSSR count). The van der Waals surface area contributed by atoms with Crippen molar-refractivity contribution >= 4 is 5.96 Å². The number of hydrogen-bond donors (Lipinski definition) is 2. The molecule has 2 aliphatic rings. The van der Waals surface area contributed by atoms with Gasteiger partial charge in [-0.15, -0.1) is 0 Å². The highest BCUT2D eigenvalue weighted by Crippen LogP contribution is 2.29. The van der Waals surface area contributed by atoms with E-state index in [4.69, 9.17) is 14.5 Å². The third kappa shape index (κ3) is 7.52. The molecule has 29 heavy (non-hydrogen) atoms. The number of nitrogens with zero attached hydrogens (tertiary/aromatic N) is 2. The first-order chi connectivity index (χ1) is 14.3. The number of rotatable bonds is 12. The van der Waals surface area contributed by atoms with Crippen LogP contribution in [0.3, 0.4) is 0 Å². The van der Waals surface area contributed by atoms with Crippen molar-refractivity contribution in [1.29, 1.82) is 0 Å². The molecule has 0 bridgehead atoms. The Labute approximate surface area is 176 Å². The predicted molar refractivity (Wildman–Crippen MR) is 119 cm³/mol. The van der Waals surface area contributed by atoms with E-state index in [0.29, 0.717) is 0 Å². The van der Waals surface area contributed by atoms with E-state index >= 15 is 0 Å². The molecule has 1 saturated heterocycles. The number of aliphatic imine (C=N–C) groups is 1. The Morgan fingerprint density at radius 3 is 2.79 bits per heavy atom. The smallest absolute Gasteiger partial charge is 0.191 e. The molecule has 6 heteroatoms. The molecule has 1 unspecified atom stereocenters. The lowest BCUT2D eigenvalue weighted by molar-refractivity contribution is 0.123. The van der Waals surface area contributed by atoms with Gasteiger partial charge in [0.2, 0.25) is 0 Å². The molecule has 1 saturated carbocycles. The lowest BCUT2D eigenvalue weighted by Crippen LogP contribution is -2.39. The first-order valence-corrected chi connectivity index (χ1v) is 11.3. The van der Waals surface area contributed by atoms with Gasteiger partial charge >= 0.3 is 0 Å². The number of benzene rings is 1. The van der Waals surface area contributed by atoms with Crippen molar-refractivity contribution in [1.82, 2.24) is 15.5 Å². The molecule has 1 aromatic carbocycles. The van der Waals surface area contributed by atoms with E-state index in [1.165, 1.54) is 31.2 Å². The highest BCUT2D eigenvalue weighted by atomic mass is 16.5. The van der Waals surface area contributed by atoms with E-state index < -0.39 is 0 Å². The zero-order valence-corrected chi connectivity index (χ0v) is 18.2. The van der Waals surface area contributed by atoms with Crippen molar-refractivity contribution in [2.24, 2.45) is 10.9 Å². The van der Waals surface area contributed by atoms with Gasteiger partial charge < -0.3 is 20.1 Å². The van der Waals surface area contributed by atoms with Crippen LogP contribution < -0.4 is 15.4 Å². The first kappa shape index (κ1) is 21.9. The van der Waals surface area contributed by atoms with Crippen LogP contribution in [0.2, 0.25) is 0 Å². The molecule has 1 aliphatic carbocycles. The molecule has 1 heterocycles. The van der Waals surface area contributed by atoms with Crippen LogP contribution in [0, 0.1) is 5.92 Å². The third-order valence-corrected chi connectivity index (χ3v) is 5.63. The van der Waals surface area contributed by atoms with Crippen LogP contribution in [-0.4, -0.2) is 63.9 Å². The van der Waals surface area contributed by atoms with Crippen molar-refractivity contribution in [3.8, 4) is 5.75 Å². The number of methoxy groups -OCH3 is 1. The molecule has 6 nitrogen and oxygen atoms in total.